The van der Waals surface area contributed by atoms with E-state index in [0.29, 0.717) is 11.3 Å². The van der Waals surface area contributed by atoms with Gasteiger partial charge < -0.3 is 9.72 Å². The maximum Gasteiger partial charge on any atom is 0.338 e. The molecule has 3 aromatic rings. The Hall–Kier alpha value is -4.00. The second kappa shape index (κ2) is 7.68. The first kappa shape index (κ1) is 20.3. The molecule has 0 radical (unpaired) electrons. The van der Waals surface area contributed by atoms with Gasteiger partial charge in [0.2, 0.25) is 5.78 Å². The number of aryl methyl sites for hydroxylation is 1. The van der Waals surface area contributed by atoms with Gasteiger partial charge in [0.25, 0.3) is 11.8 Å². The highest BCUT2D eigenvalue weighted by molar-refractivity contribution is 6.22. The highest BCUT2D eigenvalue weighted by Gasteiger charge is 2.35. The monoisotopic (exact) mass is 416 g/mol. The van der Waals surface area contributed by atoms with Crippen LogP contribution in [0.1, 0.15) is 54.0 Å². The van der Waals surface area contributed by atoms with Crippen LogP contribution < -0.4 is 0 Å². The van der Waals surface area contributed by atoms with Crippen LogP contribution >= 0.6 is 0 Å². The average Bonchev–Trinajstić information content (AvgIpc) is 3.21. The van der Waals surface area contributed by atoms with E-state index in [0.717, 1.165) is 15.8 Å². The minimum absolute atomic E-state index is 0.0850. The zero-order valence-electron chi connectivity index (χ0n) is 17.1. The molecule has 2 heterocycles. The summed E-state index contributed by atoms with van der Waals surface area (Å²) in [5.74, 6) is -2.00. The molecule has 0 bridgehead atoms. The van der Waals surface area contributed by atoms with Crippen LogP contribution in [0.3, 0.4) is 0 Å². The van der Waals surface area contributed by atoms with Gasteiger partial charge in [0.1, 0.15) is 0 Å². The fraction of sp³-hybridized carbons (Fsp3) is 0.167. The molecule has 1 aromatic heterocycles. The molecule has 0 aliphatic carbocycles. The number of ether oxygens (including phenoxy) is 1. The zero-order valence-corrected chi connectivity index (χ0v) is 17.1. The lowest BCUT2D eigenvalue weighted by atomic mass is 10.0. The van der Waals surface area contributed by atoms with E-state index >= 15 is 0 Å². The van der Waals surface area contributed by atoms with Gasteiger partial charge in [-0.25, -0.2) is 4.79 Å². The number of hydrogen-bond donors (Lipinski definition) is 1. The number of fused-ring (bicyclic) bond motifs is 2. The molecule has 1 aliphatic heterocycles. The molecule has 0 spiro atoms. The smallest absolute Gasteiger partial charge is 0.338 e. The van der Waals surface area contributed by atoms with Crippen LogP contribution in [0.2, 0.25) is 0 Å². The number of benzene rings is 2. The standard InChI is InChI=1S/C24H20N2O5/c1-4-11-26-22(28)16-10-9-15(12-18(16)23(26)29)24(30)31-14(3)21(27)20-13(2)25-19-8-6-5-7-17(19)20/h4-10,12,14,25H,1,11H2,2-3H3/t14-/m0/s1. The van der Waals surface area contributed by atoms with Gasteiger partial charge >= 0.3 is 5.97 Å². The molecule has 0 saturated carbocycles. The summed E-state index contributed by atoms with van der Waals surface area (Å²) in [6.45, 7) is 6.93. The second-order valence-corrected chi connectivity index (χ2v) is 7.35. The Morgan fingerprint density at radius 2 is 1.84 bits per heavy atom. The molecule has 1 N–H and O–H groups in total. The molecule has 2 aromatic carbocycles. The summed E-state index contributed by atoms with van der Waals surface area (Å²) < 4.78 is 5.39. The molecule has 0 unspecified atom stereocenters. The first-order valence-electron chi connectivity index (χ1n) is 9.77. The van der Waals surface area contributed by atoms with E-state index in [1.165, 1.54) is 31.2 Å². The minimum Gasteiger partial charge on any atom is -0.451 e. The first-order valence-corrected chi connectivity index (χ1v) is 9.77. The summed E-state index contributed by atoms with van der Waals surface area (Å²) in [6.07, 6.45) is 0.421. The number of hydrogen-bond acceptors (Lipinski definition) is 5. The summed E-state index contributed by atoms with van der Waals surface area (Å²) in [7, 11) is 0. The highest BCUT2D eigenvalue weighted by Crippen LogP contribution is 2.26. The zero-order chi connectivity index (χ0) is 22.3. The maximum atomic E-state index is 13.0. The Morgan fingerprint density at radius 3 is 2.58 bits per heavy atom. The van der Waals surface area contributed by atoms with Crippen molar-refractivity contribution in [3.8, 4) is 0 Å². The quantitative estimate of drug-likeness (QED) is 0.286. The van der Waals surface area contributed by atoms with Gasteiger partial charge in [0.15, 0.2) is 6.10 Å². The van der Waals surface area contributed by atoms with Crippen LogP contribution in [-0.2, 0) is 4.74 Å². The number of aromatic nitrogens is 1. The number of para-hydroxylation sites is 1. The normalized spacial score (nSPS) is 13.9. The predicted molar refractivity (Wildman–Crippen MR) is 114 cm³/mol. The van der Waals surface area contributed by atoms with Crippen LogP contribution in [0, 0.1) is 6.92 Å². The predicted octanol–water partition coefficient (Wildman–Crippen LogP) is 3.69. The van der Waals surface area contributed by atoms with Crippen LogP contribution in [0.4, 0.5) is 0 Å². The van der Waals surface area contributed by atoms with Crippen molar-refractivity contribution in [2.24, 2.45) is 0 Å². The molecule has 1 atom stereocenters. The Bertz CT molecular complexity index is 1270. The van der Waals surface area contributed by atoms with Crippen LogP contribution in [0.15, 0.2) is 55.1 Å². The SMILES string of the molecule is C=CCN1C(=O)c2ccc(C(=O)O[C@@H](C)C(=O)c3c(C)[nH]c4ccccc34)cc2C1=O. The molecule has 156 valence electrons. The second-order valence-electron chi connectivity index (χ2n) is 7.35. The van der Waals surface area contributed by atoms with Crippen molar-refractivity contribution in [1.29, 1.82) is 0 Å². The Kier molecular flexibility index (Phi) is 5.02. The van der Waals surface area contributed by atoms with Gasteiger partial charge in [0, 0.05) is 28.7 Å². The van der Waals surface area contributed by atoms with E-state index in [1.54, 1.807) is 6.92 Å². The van der Waals surface area contributed by atoms with Crippen molar-refractivity contribution in [2.45, 2.75) is 20.0 Å². The Morgan fingerprint density at radius 1 is 1.13 bits per heavy atom. The number of esters is 1. The van der Waals surface area contributed by atoms with Crippen molar-refractivity contribution in [2.75, 3.05) is 6.54 Å². The molecule has 1 aliphatic rings. The molecule has 2 amide bonds. The Balaban J connectivity index is 1.56. The van der Waals surface area contributed by atoms with Crippen LogP contribution in [0.5, 0.6) is 0 Å². The topological polar surface area (TPSA) is 96.5 Å². The number of nitrogens with one attached hydrogen (secondary N) is 1. The number of amides is 2. The number of ketones is 1. The largest absolute Gasteiger partial charge is 0.451 e. The molecule has 4 rings (SSSR count). The van der Waals surface area contributed by atoms with Gasteiger partial charge in [-0.15, -0.1) is 6.58 Å². The van der Waals surface area contributed by atoms with E-state index in [1.807, 2.05) is 24.3 Å². The average molecular weight is 416 g/mol. The first-order chi connectivity index (χ1) is 14.8. The van der Waals surface area contributed by atoms with Gasteiger partial charge in [0.05, 0.1) is 16.7 Å². The number of rotatable bonds is 6. The van der Waals surface area contributed by atoms with Crippen molar-refractivity contribution in [3.05, 3.63) is 83.1 Å². The summed E-state index contributed by atoms with van der Waals surface area (Å²) in [5, 5.41) is 0.761. The summed E-state index contributed by atoms with van der Waals surface area (Å²) in [6, 6.07) is 11.6. The lowest BCUT2D eigenvalue weighted by Crippen LogP contribution is -2.29. The van der Waals surface area contributed by atoms with E-state index in [2.05, 4.69) is 11.6 Å². The summed E-state index contributed by atoms with van der Waals surface area (Å²) >= 11 is 0. The van der Waals surface area contributed by atoms with E-state index in [4.69, 9.17) is 4.74 Å². The van der Waals surface area contributed by atoms with Crippen molar-refractivity contribution >= 4 is 34.5 Å². The Labute approximate surface area is 178 Å². The number of nitrogens with zero attached hydrogens (tertiary/aromatic N) is 1. The summed E-state index contributed by atoms with van der Waals surface area (Å²) in [4.78, 5) is 54.6. The molecular weight excluding hydrogens is 396 g/mol. The fourth-order valence-corrected chi connectivity index (χ4v) is 3.79. The van der Waals surface area contributed by atoms with Gasteiger partial charge in [-0.3, -0.25) is 19.3 Å². The lowest BCUT2D eigenvalue weighted by molar-refractivity contribution is 0.0319. The van der Waals surface area contributed by atoms with Gasteiger partial charge in [-0.1, -0.05) is 24.3 Å². The molecule has 31 heavy (non-hydrogen) atoms. The molecule has 0 saturated heterocycles. The molecule has 0 fully saturated rings. The number of H-pyrrole nitrogens is 1. The van der Waals surface area contributed by atoms with Crippen LogP contribution in [-0.4, -0.2) is 46.1 Å². The maximum absolute atomic E-state index is 13.0. The number of imide groups is 1. The van der Waals surface area contributed by atoms with Crippen LogP contribution in [0.25, 0.3) is 10.9 Å². The van der Waals surface area contributed by atoms with Crippen molar-refractivity contribution in [3.63, 3.8) is 0 Å². The highest BCUT2D eigenvalue weighted by atomic mass is 16.5. The van der Waals surface area contributed by atoms with E-state index in [9.17, 15) is 19.2 Å². The molecule has 7 heteroatoms. The number of carbonyl (C=O) groups is 4. The molecular formula is C24H20N2O5. The number of aromatic amines is 1. The van der Waals surface area contributed by atoms with Crippen molar-refractivity contribution in [1.82, 2.24) is 9.88 Å². The minimum atomic E-state index is -1.03. The van der Waals surface area contributed by atoms with Crippen molar-refractivity contribution < 1.29 is 23.9 Å². The van der Waals surface area contributed by atoms with E-state index < -0.39 is 23.9 Å². The third-order valence-corrected chi connectivity index (χ3v) is 5.31. The number of Topliss-reactive ketones (excluding diaryl/α,β-unsaturated/α-hetero) is 1. The third-order valence-electron chi connectivity index (χ3n) is 5.31. The fourth-order valence-electron chi connectivity index (χ4n) is 3.79. The van der Waals surface area contributed by atoms with Gasteiger partial charge in [-0.05, 0) is 38.1 Å². The van der Waals surface area contributed by atoms with E-state index in [-0.39, 0.29) is 29.0 Å². The number of carbonyl (C=O) groups excluding carboxylic acids is 4. The lowest BCUT2D eigenvalue weighted by Gasteiger charge is -2.13. The third kappa shape index (κ3) is 3.34. The summed E-state index contributed by atoms with van der Waals surface area (Å²) in [5.41, 5.74) is 2.45. The molecule has 7 nitrogen and oxygen atoms in total. The van der Waals surface area contributed by atoms with Gasteiger partial charge in [-0.2, -0.15) is 0 Å².